The summed E-state index contributed by atoms with van der Waals surface area (Å²) in [5.41, 5.74) is 5.21. The Labute approximate surface area is 104 Å². The summed E-state index contributed by atoms with van der Waals surface area (Å²) in [6, 6.07) is 0. The van der Waals surface area contributed by atoms with E-state index < -0.39 is 0 Å². The van der Waals surface area contributed by atoms with Gasteiger partial charge in [0.05, 0.1) is 0 Å². The molecule has 1 nitrogen and oxygen atoms in total. The zero-order valence-corrected chi connectivity index (χ0v) is 12.1. The first-order chi connectivity index (χ1) is 7.83. The Balaban J connectivity index is 0. The predicted molar refractivity (Wildman–Crippen MR) is 76.9 cm³/mol. The quantitative estimate of drug-likeness (QED) is 0.517. The summed E-state index contributed by atoms with van der Waals surface area (Å²) in [6.45, 7) is 7.28. The van der Waals surface area contributed by atoms with Gasteiger partial charge >= 0.3 is 0 Å². The Morgan fingerprint density at radius 1 is 0.688 bits per heavy atom. The molecule has 1 aliphatic carbocycles. The highest BCUT2D eigenvalue weighted by Gasteiger charge is 1.95. The fourth-order valence-electron chi connectivity index (χ4n) is 1.63. The van der Waals surface area contributed by atoms with Gasteiger partial charge in [-0.25, -0.2) is 0 Å². The van der Waals surface area contributed by atoms with E-state index in [2.05, 4.69) is 20.8 Å². The lowest BCUT2D eigenvalue weighted by atomic mass is 10.2. The number of hydrogen-bond acceptors (Lipinski definition) is 1. The van der Waals surface area contributed by atoms with Crippen LogP contribution in [0.25, 0.3) is 0 Å². The number of unbranched alkanes of at least 4 members (excludes halogenated alkanes) is 2. The van der Waals surface area contributed by atoms with E-state index in [-0.39, 0.29) is 0 Å². The van der Waals surface area contributed by atoms with Crippen molar-refractivity contribution in [2.45, 2.75) is 91.4 Å². The Bertz CT molecular complexity index is 67.8. The second-order valence-electron chi connectivity index (χ2n) is 4.68. The largest absolute Gasteiger partial charge is 0.330 e. The highest BCUT2D eigenvalue weighted by molar-refractivity contribution is 4.51. The van der Waals surface area contributed by atoms with Gasteiger partial charge in [-0.05, 0) is 13.0 Å². The lowest BCUT2D eigenvalue weighted by Gasteiger charge is -1.86. The molecule has 0 radical (unpaired) electrons. The minimum Gasteiger partial charge on any atom is -0.330 e. The smallest absolute Gasteiger partial charge is 0.00773 e. The van der Waals surface area contributed by atoms with Crippen molar-refractivity contribution < 1.29 is 0 Å². The molecule has 0 aliphatic heterocycles. The zero-order chi connectivity index (χ0) is 12.5. The molecule has 1 rings (SSSR count). The fourth-order valence-corrected chi connectivity index (χ4v) is 1.63. The van der Waals surface area contributed by atoms with E-state index in [1.807, 2.05) is 0 Å². The first-order valence-corrected chi connectivity index (χ1v) is 7.53. The van der Waals surface area contributed by atoms with Gasteiger partial charge in [-0.2, -0.15) is 0 Å². The van der Waals surface area contributed by atoms with E-state index >= 15 is 0 Å². The molecule has 1 saturated carbocycles. The van der Waals surface area contributed by atoms with Crippen LogP contribution in [0.15, 0.2) is 0 Å². The van der Waals surface area contributed by atoms with Crippen LogP contribution < -0.4 is 5.73 Å². The van der Waals surface area contributed by atoms with Gasteiger partial charge in [-0.3, -0.25) is 0 Å². The maximum absolute atomic E-state index is 5.21. The van der Waals surface area contributed by atoms with E-state index in [0.29, 0.717) is 0 Å². The predicted octanol–water partition coefficient (Wildman–Crippen LogP) is 5.28. The van der Waals surface area contributed by atoms with Crippen LogP contribution in [0.5, 0.6) is 0 Å². The summed E-state index contributed by atoms with van der Waals surface area (Å²) in [4.78, 5) is 0. The maximum Gasteiger partial charge on any atom is -0.00773 e. The summed E-state index contributed by atoms with van der Waals surface area (Å²) in [5.74, 6) is 0. The first kappa shape index (κ1) is 18.3. The molecule has 0 bridgehead atoms. The van der Waals surface area contributed by atoms with E-state index in [9.17, 15) is 0 Å². The minimum atomic E-state index is 0.855. The van der Waals surface area contributed by atoms with E-state index in [1.165, 1.54) is 70.6 Å². The topological polar surface area (TPSA) is 26.0 Å². The number of nitrogens with two attached hydrogens (primary N) is 1. The molecular formula is C15H35N. The molecule has 0 atom stereocenters. The molecule has 16 heavy (non-hydrogen) atoms. The van der Waals surface area contributed by atoms with Gasteiger partial charge in [0.15, 0.2) is 0 Å². The van der Waals surface area contributed by atoms with Gasteiger partial charge in [-0.1, -0.05) is 85.0 Å². The van der Waals surface area contributed by atoms with Crippen LogP contribution in [-0.4, -0.2) is 6.54 Å². The van der Waals surface area contributed by atoms with Crippen LogP contribution in [0, 0.1) is 0 Å². The average molecular weight is 229 g/mol. The summed E-state index contributed by atoms with van der Waals surface area (Å²) < 4.78 is 0. The van der Waals surface area contributed by atoms with Gasteiger partial charge < -0.3 is 5.73 Å². The molecule has 0 amide bonds. The molecule has 1 fully saturated rings. The van der Waals surface area contributed by atoms with Crippen molar-refractivity contribution in [3.8, 4) is 0 Å². The Morgan fingerprint density at radius 3 is 1.12 bits per heavy atom. The monoisotopic (exact) mass is 229 g/mol. The first-order valence-electron chi connectivity index (χ1n) is 7.53. The SMILES string of the molecule is C1CCCCCC1.CCC.CCCCCN. The lowest BCUT2D eigenvalue weighted by Crippen LogP contribution is -1.96. The maximum atomic E-state index is 5.21. The highest BCUT2D eigenvalue weighted by atomic mass is 14.5. The number of rotatable bonds is 3. The molecule has 1 heteroatoms. The standard InChI is InChI=1S/C7H14.C5H13N.C3H8/c1-2-4-6-7-5-3-1;1-2-3-4-5-6;1-3-2/h1-7H2;2-6H2,1H3;3H2,1-2H3. The molecule has 0 aromatic rings. The second kappa shape index (κ2) is 20.4. The third-order valence-electron chi connectivity index (χ3n) is 2.56. The third-order valence-corrected chi connectivity index (χ3v) is 2.56. The molecule has 0 spiro atoms. The van der Waals surface area contributed by atoms with Crippen molar-refractivity contribution in [3.63, 3.8) is 0 Å². The summed E-state index contributed by atoms with van der Waals surface area (Å²) in [7, 11) is 0. The zero-order valence-electron chi connectivity index (χ0n) is 12.1. The average Bonchev–Trinajstić information content (AvgIpc) is 2.60. The van der Waals surface area contributed by atoms with Gasteiger partial charge in [0.25, 0.3) is 0 Å². The van der Waals surface area contributed by atoms with Crippen molar-refractivity contribution in [1.82, 2.24) is 0 Å². The number of hydrogen-bond donors (Lipinski definition) is 1. The molecular weight excluding hydrogens is 194 g/mol. The van der Waals surface area contributed by atoms with Crippen LogP contribution in [0.3, 0.4) is 0 Å². The van der Waals surface area contributed by atoms with E-state index in [4.69, 9.17) is 5.73 Å². The van der Waals surface area contributed by atoms with Gasteiger partial charge in [0.1, 0.15) is 0 Å². The summed E-state index contributed by atoms with van der Waals surface area (Å²) >= 11 is 0. The van der Waals surface area contributed by atoms with Crippen LogP contribution in [0.1, 0.15) is 91.4 Å². The molecule has 0 heterocycles. The van der Waals surface area contributed by atoms with Crippen LogP contribution >= 0.6 is 0 Å². The third kappa shape index (κ3) is 23.6. The molecule has 2 N–H and O–H groups in total. The molecule has 0 aromatic heterocycles. The van der Waals surface area contributed by atoms with Gasteiger partial charge in [0.2, 0.25) is 0 Å². The fraction of sp³-hybridized carbons (Fsp3) is 1.00. The van der Waals surface area contributed by atoms with Crippen LogP contribution in [0.2, 0.25) is 0 Å². The Morgan fingerprint density at radius 2 is 1.00 bits per heavy atom. The highest BCUT2D eigenvalue weighted by Crippen LogP contribution is 2.15. The van der Waals surface area contributed by atoms with E-state index in [0.717, 1.165) is 6.54 Å². The van der Waals surface area contributed by atoms with Gasteiger partial charge in [0, 0.05) is 0 Å². The molecule has 0 saturated heterocycles. The molecule has 1 aliphatic rings. The van der Waals surface area contributed by atoms with Crippen molar-refractivity contribution >= 4 is 0 Å². The minimum absolute atomic E-state index is 0.855. The van der Waals surface area contributed by atoms with E-state index in [1.54, 1.807) is 0 Å². The molecule has 0 aromatic carbocycles. The van der Waals surface area contributed by atoms with Crippen molar-refractivity contribution in [2.24, 2.45) is 5.73 Å². The van der Waals surface area contributed by atoms with Crippen molar-refractivity contribution in [1.29, 1.82) is 0 Å². The second-order valence-corrected chi connectivity index (χ2v) is 4.68. The molecule has 0 unspecified atom stereocenters. The van der Waals surface area contributed by atoms with Crippen molar-refractivity contribution in [2.75, 3.05) is 6.54 Å². The van der Waals surface area contributed by atoms with Crippen LogP contribution in [0.4, 0.5) is 0 Å². The van der Waals surface area contributed by atoms with Crippen molar-refractivity contribution in [3.05, 3.63) is 0 Å². The van der Waals surface area contributed by atoms with Crippen LogP contribution in [-0.2, 0) is 0 Å². The lowest BCUT2D eigenvalue weighted by molar-refractivity contribution is 0.702. The normalized spacial score (nSPS) is 15.0. The Kier molecular flexibility index (Phi) is 23.3. The Hall–Kier alpha value is -0.0400. The summed E-state index contributed by atoms with van der Waals surface area (Å²) in [6.07, 6.45) is 15.5. The van der Waals surface area contributed by atoms with Gasteiger partial charge in [-0.15, -0.1) is 0 Å². The summed E-state index contributed by atoms with van der Waals surface area (Å²) in [5, 5.41) is 0. The molecule has 100 valence electrons.